The highest BCUT2D eigenvalue weighted by Gasteiger charge is 2.15. The minimum atomic E-state index is -0.803. The van der Waals surface area contributed by atoms with E-state index in [2.05, 4.69) is 74.6 Å². The second-order valence-corrected chi connectivity index (χ2v) is 12.3. The molecule has 264 valence electrons. The first kappa shape index (κ1) is 43.6. The summed E-state index contributed by atoms with van der Waals surface area (Å²) in [4.78, 5) is 24.1. The van der Waals surface area contributed by atoms with E-state index in [1.807, 2.05) is 0 Å². The fourth-order valence-electron chi connectivity index (χ4n) is 4.88. The van der Waals surface area contributed by atoms with Crippen LogP contribution in [-0.4, -0.2) is 36.4 Å². The zero-order valence-corrected chi connectivity index (χ0v) is 29.8. The Hall–Kier alpha value is -2.40. The smallest absolute Gasteiger partial charge is 0.306 e. The number of aliphatic hydroxyl groups is 1. The Kier molecular flexibility index (Phi) is 35.1. The van der Waals surface area contributed by atoms with Crippen molar-refractivity contribution in [3.05, 3.63) is 60.8 Å². The topological polar surface area (TPSA) is 72.8 Å². The van der Waals surface area contributed by atoms with Gasteiger partial charge in [-0.1, -0.05) is 145 Å². The third-order valence-corrected chi connectivity index (χ3v) is 7.78. The van der Waals surface area contributed by atoms with Gasteiger partial charge in [0.25, 0.3) is 0 Å². The molecule has 5 nitrogen and oxygen atoms in total. The summed E-state index contributed by atoms with van der Waals surface area (Å²) in [5, 5.41) is 9.51. The van der Waals surface area contributed by atoms with E-state index >= 15 is 0 Å². The first-order valence-electron chi connectivity index (χ1n) is 18.8. The van der Waals surface area contributed by atoms with E-state index < -0.39 is 6.10 Å². The van der Waals surface area contributed by atoms with Crippen molar-refractivity contribution in [2.75, 3.05) is 13.2 Å². The summed E-state index contributed by atoms with van der Waals surface area (Å²) in [6.45, 7) is 4.02. The molecule has 46 heavy (non-hydrogen) atoms. The van der Waals surface area contributed by atoms with Crippen LogP contribution in [-0.2, 0) is 19.1 Å². The fraction of sp³-hybridized carbons (Fsp3) is 0.707. The van der Waals surface area contributed by atoms with Gasteiger partial charge >= 0.3 is 11.9 Å². The van der Waals surface area contributed by atoms with Gasteiger partial charge < -0.3 is 14.6 Å². The van der Waals surface area contributed by atoms with Crippen LogP contribution in [0.15, 0.2) is 60.8 Å². The monoisotopic (exact) mass is 643 g/mol. The molecular weight excluding hydrogens is 572 g/mol. The van der Waals surface area contributed by atoms with Crippen molar-refractivity contribution in [2.24, 2.45) is 0 Å². The van der Waals surface area contributed by atoms with Gasteiger partial charge in [-0.05, 0) is 70.6 Å². The van der Waals surface area contributed by atoms with Crippen LogP contribution in [0, 0.1) is 0 Å². The molecule has 0 radical (unpaired) electrons. The molecule has 0 spiro atoms. The maximum Gasteiger partial charge on any atom is 0.306 e. The SMILES string of the molecule is CCCC/C=C/CCCCCCCC(=O)OC[C@H](CO)OC(=O)CCC/C=C/C/C=C/C/C=C/C/C=C/CCCCCCCCC. The summed E-state index contributed by atoms with van der Waals surface area (Å²) >= 11 is 0. The number of allylic oxidation sites excluding steroid dienone is 10. The summed E-state index contributed by atoms with van der Waals surface area (Å²) in [5.41, 5.74) is 0. The Morgan fingerprint density at radius 2 is 0.913 bits per heavy atom. The van der Waals surface area contributed by atoms with Crippen molar-refractivity contribution in [1.82, 2.24) is 0 Å². The van der Waals surface area contributed by atoms with Crippen LogP contribution in [0.2, 0.25) is 0 Å². The maximum atomic E-state index is 12.1. The molecule has 1 atom stereocenters. The molecule has 0 aromatic heterocycles. The number of aliphatic hydroxyl groups excluding tert-OH is 1. The minimum Gasteiger partial charge on any atom is -0.462 e. The van der Waals surface area contributed by atoms with Gasteiger partial charge in [-0.15, -0.1) is 0 Å². The molecule has 0 unspecified atom stereocenters. The molecule has 0 aromatic rings. The first-order chi connectivity index (χ1) is 22.6. The number of unbranched alkanes of at least 4 members (excludes halogenated alkanes) is 15. The van der Waals surface area contributed by atoms with Crippen molar-refractivity contribution in [1.29, 1.82) is 0 Å². The highest BCUT2D eigenvalue weighted by Crippen LogP contribution is 2.11. The number of carbonyl (C=O) groups excluding carboxylic acids is 2. The molecule has 0 aliphatic rings. The molecular formula is C41H70O5. The van der Waals surface area contributed by atoms with Gasteiger partial charge in [-0.2, -0.15) is 0 Å². The van der Waals surface area contributed by atoms with E-state index in [1.54, 1.807) is 0 Å². The van der Waals surface area contributed by atoms with Gasteiger partial charge in [0.1, 0.15) is 6.61 Å². The second-order valence-electron chi connectivity index (χ2n) is 12.3. The van der Waals surface area contributed by atoms with Gasteiger partial charge in [-0.3, -0.25) is 9.59 Å². The number of hydrogen-bond donors (Lipinski definition) is 1. The standard InChI is InChI=1S/C41H70O5/c1-3-5-7-9-11-13-15-16-17-18-19-20-21-22-23-24-26-28-30-32-34-36-41(44)46-39(37-42)38-45-40(43)35-33-31-29-27-25-14-12-10-8-6-4-2/h10,12,17-18,20-21,23-24,28,30,39,42H,3-9,11,13-16,19,22,25-27,29,31-38H2,1-2H3/b12-10+,18-17+,21-20+,24-23+,30-28+/t39-/m0/s1. The molecule has 0 aromatic carbocycles. The van der Waals surface area contributed by atoms with Crippen molar-refractivity contribution in [3.8, 4) is 0 Å². The molecule has 0 saturated heterocycles. The lowest BCUT2D eigenvalue weighted by Gasteiger charge is -2.15. The third-order valence-electron chi connectivity index (χ3n) is 7.78. The Labute approximate surface area is 283 Å². The van der Waals surface area contributed by atoms with E-state index in [0.717, 1.165) is 51.4 Å². The van der Waals surface area contributed by atoms with Gasteiger partial charge in [0.05, 0.1) is 6.61 Å². The van der Waals surface area contributed by atoms with Crippen LogP contribution in [0.5, 0.6) is 0 Å². The fourth-order valence-corrected chi connectivity index (χ4v) is 4.88. The van der Waals surface area contributed by atoms with Crippen LogP contribution in [0.1, 0.15) is 168 Å². The maximum absolute atomic E-state index is 12.1. The summed E-state index contributed by atoms with van der Waals surface area (Å²) in [6, 6.07) is 0. The zero-order valence-electron chi connectivity index (χ0n) is 29.8. The molecule has 0 amide bonds. The Bertz CT molecular complexity index is 823. The van der Waals surface area contributed by atoms with Crippen molar-refractivity contribution in [3.63, 3.8) is 0 Å². The number of rotatable bonds is 33. The lowest BCUT2D eigenvalue weighted by atomic mass is 10.1. The van der Waals surface area contributed by atoms with Crippen LogP contribution in [0.25, 0.3) is 0 Å². The van der Waals surface area contributed by atoms with Crippen LogP contribution >= 0.6 is 0 Å². The highest BCUT2D eigenvalue weighted by atomic mass is 16.6. The van der Waals surface area contributed by atoms with E-state index in [4.69, 9.17) is 9.47 Å². The Morgan fingerprint density at radius 1 is 0.500 bits per heavy atom. The summed E-state index contributed by atoms with van der Waals surface area (Å²) in [7, 11) is 0. The van der Waals surface area contributed by atoms with Gasteiger partial charge in [0.15, 0.2) is 6.10 Å². The average Bonchev–Trinajstić information content (AvgIpc) is 3.06. The number of ether oxygens (including phenoxy) is 2. The first-order valence-corrected chi connectivity index (χ1v) is 18.8. The second kappa shape index (κ2) is 37.1. The van der Waals surface area contributed by atoms with Gasteiger partial charge in [0.2, 0.25) is 0 Å². The summed E-state index contributed by atoms with van der Waals surface area (Å²) in [6.07, 6.45) is 47.2. The predicted molar refractivity (Wildman–Crippen MR) is 196 cm³/mol. The van der Waals surface area contributed by atoms with E-state index in [0.29, 0.717) is 12.8 Å². The van der Waals surface area contributed by atoms with Crippen molar-refractivity contribution in [2.45, 2.75) is 174 Å². The Balaban J connectivity index is 3.70. The Morgan fingerprint density at radius 3 is 1.46 bits per heavy atom. The van der Waals surface area contributed by atoms with E-state index in [9.17, 15) is 14.7 Å². The number of hydrogen-bond acceptors (Lipinski definition) is 5. The molecule has 0 aliphatic carbocycles. The lowest BCUT2D eigenvalue weighted by molar-refractivity contribution is -0.161. The molecule has 0 rings (SSSR count). The highest BCUT2D eigenvalue weighted by molar-refractivity contribution is 5.70. The third kappa shape index (κ3) is 34.5. The van der Waals surface area contributed by atoms with E-state index in [-0.39, 0.29) is 31.6 Å². The van der Waals surface area contributed by atoms with Crippen LogP contribution < -0.4 is 0 Å². The number of esters is 2. The minimum absolute atomic E-state index is 0.0944. The summed E-state index contributed by atoms with van der Waals surface area (Å²) < 4.78 is 10.5. The zero-order chi connectivity index (χ0) is 33.6. The molecule has 0 saturated carbocycles. The molecule has 0 fully saturated rings. The summed E-state index contributed by atoms with van der Waals surface area (Å²) in [5.74, 6) is -0.673. The molecule has 0 heterocycles. The van der Waals surface area contributed by atoms with Gasteiger partial charge in [-0.25, -0.2) is 0 Å². The predicted octanol–water partition coefficient (Wildman–Crippen LogP) is 11.6. The number of carbonyl (C=O) groups is 2. The molecule has 0 bridgehead atoms. The van der Waals surface area contributed by atoms with Gasteiger partial charge in [0, 0.05) is 12.8 Å². The van der Waals surface area contributed by atoms with Crippen molar-refractivity contribution < 1.29 is 24.2 Å². The average molecular weight is 643 g/mol. The van der Waals surface area contributed by atoms with Crippen LogP contribution in [0.4, 0.5) is 0 Å². The van der Waals surface area contributed by atoms with Crippen LogP contribution in [0.3, 0.4) is 0 Å². The lowest BCUT2D eigenvalue weighted by Crippen LogP contribution is -2.28. The molecule has 0 aliphatic heterocycles. The normalized spacial score (nSPS) is 12.8. The van der Waals surface area contributed by atoms with E-state index in [1.165, 1.54) is 83.5 Å². The molecule has 1 N–H and O–H groups in total. The molecule has 5 heteroatoms. The van der Waals surface area contributed by atoms with Crippen molar-refractivity contribution >= 4 is 11.9 Å². The quantitative estimate of drug-likeness (QED) is 0.0438. The largest absolute Gasteiger partial charge is 0.462 e.